The summed E-state index contributed by atoms with van der Waals surface area (Å²) < 4.78 is 5.83. The van der Waals surface area contributed by atoms with E-state index >= 15 is 0 Å². The molecule has 0 aliphatic heterocycles. The van der Waals surface area contributed by atoms with E-state index in [0.717, 1.165) is 0 Å². The molecule has 0 radical (unpaired) electrons. The van der Waals surface area contributed by atoms with Gasteiger partial charge in [0.2, 0.25) is 0 Å². The Bertz CT molecular complexity index is 341. The lowest BCUT2D eigenvalue weighted by Gasteiger charge is -2.29. The smallest absolute Gasteiger partial charge is 0.106 e. The van der Waals surface area contributed by atoms with Crippen LogP contribution in [0, 0.1) is 0 Å². The van der Waals surface area contributed by atoms with Crippen molar-refractivity contribution in [3.8, 4) is 0 Å². The first-order chi connectivity index (χ1) is 7.77. The molecule has 0 fully saturated rings. The van der Waals surface area contributed by atoms with Crippen molar-refractivity contribution >= 4 is 13.3 Å². The van der Waals surface area contributed by atoms with Gasteiger partial charge in [-0.05, 0) is 30.0 Å². The van der Waals surface area contributed by atoms with Crippen LogP contribution in [-0.2, 0) is 12.8 Å². The summed E-state index contributed by atoms with van der Waals surface area (Å²) in [6.45, 7) is 7.13. The van der Waals surface area contributed by atoms with Crippen molar-refractivity contribution in [1.82, 2.24) is 0 Å². The molecule has 1 aliphatic carbocycles. The molecule has 0 saturated heterocycles. The Morgan fingerprint density at radius 2 is 1.69 bits per heavy atom. The van der Waals surface area contributed by atoms with Crippen LogP contribution in [0.1, 0.15) is 44.9 Å². The Hall–Kier alpha value is -0.503. The van der Waals surface area contributed by atoms with Crippen LogP contribution in [0.4, 0.5) is 0 Å². The van der Waals surface area contributed by atoms with Crippen molar-refractivity contribution in [2.45, 2.75) is 64.6 Å². The molecule has 1 nitrogen and oxygen atoms in total. The summed E-state index contributed by atoms with van der Waals surface area (Å²) in [4.78, 5) is 0. The Kier molecular flexibility index (Phi) is 3.58. The fourth-order valence-electron chi connectivity index (χ4n) is 3.26. The third-order valence-corrected chi connectivity index (χ3v) is 10.3. The van der Waals surface area contributed by atoms with Crippen LogP contribution >= 0.6 is 0 Å². The van der Waals surface area contributed by atoms with Gasteiger partial charge in [-0.3, -0.25) is 0 Å². The minimum Gasteiger partial charge on any atom is -0.469 e. The molecule has 0 amide bonds. The third-order valence-electron chi connectivity index (χ3n) is 4.66. The zero-order valence-electron chi connectivity index (χ0n) is 10.9. The molecule has 0 unspecified atom stereocenters. The molecular formula is C14H24OSi. The van der Waals surface area contributed by atoms with Crippen molar-refractivity contribution in [2.75, 3.05) is 0 Å². The lowest BCUT2D eigenvalue weighted by Crippen LogP contribution is -2.47. The number of furan rings is 1. The van der Waals surface area contributed by atoms with E-state index in [1.165, 1.54) is 49.6 Å². The molecule has 0 saturated carbocycles. The standard InChI is InChI=1S/C14H24OSi/c1-4-16(5-2,6-3)14-11-15-13-10-8-7-9-12(13)14/h11H,4-10H2,1-3H3. The van der Waals surface area contributed by atoms with Gasteiger partial charge in [0.1, 0.15) is 5.76 Å². The molecule has 1 aromatic heterocycles. The van der Waals surface area contributed by atoms with Crippen LogP contribution in [0.25, 0.3) is 0 Å². The molecular weight excluding hydrogens is 212 g/mol. The van der Waals surface area contributed by atoms with E-state index in [-0.39, 0.29) is 0 Å². The van der Waals surface area contributed by atoms with E-state index in [2.05, 4.69) is 27.0 Å². The summed E-state index contributed by atoms with van der Waals surface area (Å²) in [5.41, 5.74) is 1.61. The van der Waals surface area contributed by atoms with Crippen LogP contribution in [0.5, 0.6) is 0 Å². The van der Waals surface area contributed by atoms with Gasteiger partial charge in [-0.25, -0.2) is 0 Å². The van der Waals surface area contributed by atoms with Gasteiger partial charge in [0.05, 0.1) is 14.3 Å². The van der Waals surface area contributed by atoms with E-state index < -0.39 is 8.07 Å². The van der Waals surface area contributed by atoms with E-state index in [9.17, 15) is 0 Å². The predicted molar refractivity (Wildman–Crippen MR) is 72.2 cm³/mol. The summed E-state index contributed by atoms with van der Waals surface area (Å²) >= 11 is 0. The van der Waals surface area contributed by atoms with E-state index in [0.29, 0.717) is 0 Å². The average molecular weight is 236 g/mol. The van der Waals surface area contributed by atoms with Crippen molar-refractivity contribution in [3.63, 3.8) is 0 Å². The number of aryl methyl sites for hydroxylation is 1. The monoisotopic (exact) mass is 236 g/mol. The van der Waals surface area contributed by atoms with Gasteiger partial charge in [0, 0.05) is 6.42 Å². The predicted octanol–water partition coefficient (Wildman–Crippen LogP) is 3.87. The highest BCUT2D eigenvalue weighted by atomic mass is 28.3. The molecule has 0 N–H and O–H groups in total. The van der Waals surface area contributed by atoms with Crippen molar-refractivity contribution in [1.29, 1.82) is 0 Å². The summed E-state index contributed by atoms with van der Waals surface area (Å²) in [7, 11) is -1.21. The second kappa shape index (κ2) is 4.78. The molecule has 1 heterocycles. The zero-order valence-corrected chi connectivity index (χ0v) is 11.9. The molecule has 2 rings (SSSR count). The van der Waals surface area contributed by atoms with Gasteiger partial charge in [0.15, 0.2) is 0 Å². The lowest BCUT2D eigenvalue weighted by molar-refractivity contribution is 0.478. The SMILES string of the molecule is CC[Si](CC)(CC)c1coc2c1CCCC2. The maximum Gasteiger partial charge on any atom is 0.106 e. The fraction of sp³-hybridized carbons (Fsp3) is 0.714. The topological polar surface area (TPSA) is 13.1 Å². The van der Waals surface area contributed by atoms with Crippen LogP contribution < -0.4 is 5.19 Å². The Balaban J connectivity index is 2.42. The molecule has 1 aromatic rings. The fourth-order valence-corrected chi connectivity index (χ4v) is 7.12. The maximum absolute atomic E-state index is 5.83. The molecule has 16 heavy (non-hydrogen) atoms. The molecule has 0 spiro atoms. The summed E-state index contributed by atoms with van der Waals surface area (Å²) in [5, 5.41) is 1.66. The van der Waals surface area contributed by atoms with Gasteiger partial charge < -0.3 is 4.42 Å². The molecule has 2 heteroatoms. The lowest BCUT2D eigenvalue weighted by atomic mass is 9.99. The highest BCUT2D eigenvalue weighted by molar-refractivity contribution is 6.92. The number of fused-ring (bicyclic) bond motifs is 1. The highest BCUT2D eigenvalue weighted by Crippen LogP contribution is 2.28. The first-order valence-corrected chi connectivity index (χ1v) is 9.49. The van der Waals surface area contributed by atoms with Gasteiger partial charge in [-0.1, -0.05) is 38.9 Å². The number of rotatable bonds is 4. The zero-order chi connectivity index (χ0) is 11.6. The Morgan fingerprint density at radius 3 is 2.31 bits per heavy atom. The van der Waals surface area contributed by atoms with Crippen LogP contribution in [0.2, 0.25) is 18.1 Å². The molecule has 90 valence electrons. The quantitative estimate of drug-likeness (QED) is 0.723. The third kappa shape index (κ3) is 1.77. The molecule has 1 aliphatic rings. The second-order valence-electron chi connectivity index (χ2n) is 5.10. The van der Waals surface area contributed by atoms with Crippen molar-refractivity contribution in [2.24, 2.45) is 0 Å². The molecule has 0 atom stereocenters. The van der Waals surface area contributed by atoms with E-state index in [1.54, 1.807) is 10.8 Å². The van der Waals surface area contributed by atoms with E-state index in [1.807, 2.05) is 0 Å². The molecule has 0 aromatic carbocycles. The van der Waals surface area contributed by atoms with Gasteiger partial charge in [0.25, 0.3) is 0 Å². The van der Waals surface area contributed by atoms with E-state index in [4.69, 9.17) is 4.42 Å². The van der Waals surface area contributed by atoms with Gasteiger partial charge in [-0.2, -0.15) is 0 Å². The normalized spacial score (nSPS) is 16.2. The van der Waals surface area contributed by atoms with Gasteiger partial charge >= 0.3 is 0 Å². The first kappa shape index (κ1) is 12.0. The second-order valence-corrected chi connectivity index (χ2v) is 10.3. The average Bonchev–Trinajstić information content (AvgIpc) is 2.77. The van der Waals surface area contributed by atoms with Gasteiger partial charge in [-0.15, -0.1) is 0 Å². The summed E-state index contributed by atoms with van der Waals surface area (Å²) in [6.07, 6.45) is 7.26. The van der Waals surface area contributed by atoms with Crippen LogP contribution in [0.3, 0.4) is 0 Å². The van der Waals surface area contributed by atoms with Crippen LogP contribution in [0.15, 0.2) is 10.7 Å². The number of hydrogen-bond acceptors (Lipinski definition) is 1. The summed E-state index contributed by atoms with van der Waals surface area (Å²) in [5.74, 6) is 1.31. The molecule has 0 bridgehead atoms. The highest BCUT2D eigenvalue weighted by Gasteiger charge is 2.34. The minimum absolute atomic E-state index is 1.18. The Labute approximate surface area is 100 Å². The van der Waals surface area contributed by atoms with Crippen molar-refractivity contribution < 1.29 is 4.42 Å². The number of hydrogen-bond donors (Lipinski definition) is 0. The Morgan fingerprint density at radius 1 is 1.06 bits per heavy atom. The largest absolute Gasteiger partial charge is 0.469 e. The van der Waals surface area contributed by atoms with Crippen molar-refractivity contribution in [3.05, 3.63) is 17.6 Å². The maximum atomic E-state index is 5.83. The van der Waals surface area contributed by atoms with Crippen LogP contribution in [-0.4, -0.2) is 8.07 Å². The first-order valence-electron chi connectivity index (χ1n) is 6.87. The summed E-state index contributed by atoms with van der Waals surface area (Å²) in [6, 6.07) is 4.10. The minimum atomic E-state index is -1.21.